The fourth-order valence-corrected chi connectivity index (χ4v) is 2.42. The van der Waals surface area contributed by atoms with Gasteiger partial charge in [0.05, 0.1) is 12.7 Å². The Kier molecular flexibility index (Phi) is 6.57. The molecule has 2 aromatic carbocycles. The van der Waals surface area contributed by atoms with Crippen LogP contribution in [0.2, 0.25) is 0 Å². The van der Waals surface area contributed by atoms with Crippen LogP contribution < -0.4 is 5.32 Å². The molecule has 0 atom stereocenters. The molecule has 0 spiro atoms. The number of ether oxygens (including phenoxy) is 1. The Morgan fingerprint density at radius 2 is 1.52 bits per heavy atom. The molecule has 25 heavy (non-hydrogen) atoms. The largest absolute Gasteiger partial charge is 0.465 e. The first-order chi connectivity index (χ1) is 12.0. The third-order valence-electron chi connectivity index (χ3n) is 4.02. The van der Waals surface area contributed by atoms with E-state index in [-0.39, 0.29) is 12.0 Å². The van der Waals surface area contributed by atoms with E-state index in [1.54, 1.807) is 36.2 Å². The zero-order chi connectivity index (χ0) is 18.2. The summed E-state index contributed by atoms with van der Waals surface area (Å²) in [4.78, 5) is 25.2. The Morgan fingerprint density at radius 1 is 0.960 bits per heavy atom. The first-order valence-corrected chi connectivity index (χ1v) is 8.27. The SMILES string of the molecule is CCc1ccc(CN(C)C(=O)NCc2ccc(C(=O)OC)cc2)cc1. The molecule has 132 valence electrons. The van der Waals surface area contributed by atoms with Gasteiger partial charge in [-0.25, -0.2) is 9.59 Å². The lowest BCUT2D eigenvalue weighted by Crippen LogP contribution is -2.36. The van der Waals surface area contributed by atoms with Gasteiger partial charge in [-0.2, -0.15) is 0 Å². The quantitative estimate of drug-likeness (QED) is 0.820. The molecule has 2 aromatic rings. The highest BCUT2D eigenvalue weighted by molar-refractivity contribution is 5.89. The third-order valence-corrected chi connectivity index (χ3v) is 4.02. The van der Waals surface area contributed by atoms with Crippen molar-refractivity contribution in [3.8, 4) is 0 Å². The fourth-order valence-electron chi connectivity index (χ4n) is 2.42. The van der Waals surface area contributed by atoms with Gasteiger partial charge in [-0.1, -0.05) is 43.3 Å². The maximum absolute atomic E-state index is 12.2. The number of amides is 2. The fraction of sp³-hybridized carbons (Fsp3) is 0.300. The van der Waals surface area contributed by atoms with Gasteiger partial charge < -0.3 is 15.0 Å². The van der Waals surface area contributed by atoms with Crippen molar-refractivity contribution in [3.05, 3.63) is 70.8 Å². The zero-order valence-electron chi connectivity index (χ0n) is 14.9. The Hall–Kier alpha value is -2.82. The van der Waals surface area contributed by atoms with Crippen molar-refractivity contribution >= 4 is 12.0 Å². The average Bonchev–Trinajstić information content (AvgIpc) is 2.66. The first-order valence-electron chi connectivity index (χ1n) is 8.27. The van der Waals surface area contributed by atoms with Crippen LogP contribution in [0.5, 0.6) is 0 Å². The monoisotopic (exact) mass is 340 g/mol. The summed E-state index contributed by atoms with van der Waals surface area (Å²) in [6.45, 7) is 3.07. The summed E-state index contributed by atoms with van der Waals surface area (Å²) >= 11 is 0. The van der Waals surface area contributed by atoms with Crippen LogP contribution in [-0.4, -0.2) is 31.1 Å². The van der Waals surface area contributed by atoms with E-state index in [2.05, 4.69) is 29.1 Å². The van der Waals surface area contributed by atoms with Gasteiger partial charge in [0.1, 0.15) is 0 Å². The molecule has 0 saturated carbocycles. The highest BCUT2D eigenvalue weighted by Gasteiger charge is 2.09. The molecule has 0 aliphatic rings. The van der Waals surface area contributed by atoms with Crippen LogP contribution in [0, 0.1) is 0 Å². The predicted octanol–water partition coefficient (Wildman–Crippen LogP) is 3.38. The minimum absolute atomic E-state index is 0.142. The number of aryl methyl sites for hydroxylation is 1. The van der Waals surface area contributed by atoms with Crippen LogP contribution in [0.3, 0.4) is 0 Å². The molecule has 0 aliphatic heterocycles. The number of hydrogen-bond donors (Lipinski definition) is 1. The lowest BCUT2D eigenvalue weighted by atomic mass is 10.1. The molecule has 5 nitrogen and oxygen atoms in total. The summed E-state index contributed by atoms with van der Waals surface area (Å²) in [7, 11) is 3.12. The minimum Gasteiger partial charge on any atom is -0.465 e. The number of esters is 1. The molecule has 0 fully saturated rings. The Balaban J connectivity index is 1.85. The molecule has 0 unspecified atom stereocenters. The summed E-state index contributed by atoms with van der Waals surface area (Å²) in [6.07, 6.45) is 1.01. The lowest BCUT2D eigenvalue weighted by molar-refractivity contribution is 0.0600. The topological polar surface area (TPSA) is 58.6 Å². The molecule has 0 aliphatic carbocycles. The van der Waals surface area contributed by atoms with Crippen molar-refractivity contribution in [2.24, 2.45) is 0 Å². The molecule has 1 N–H and O–H groups in total. The summed E-state index contributed by atoms with van der Waals surface area (Å²) in [5, 5.41) is 2.88. The van der Waals surface area contributed by atoms with Gasteiger partial charge in [0.15, 0.2) is 0 Å². The van der Waals surface area contributed by atoms with Gasteiger partial charge in [0.2, 0.25) is 0 Å². The minimum atomic E-state index is -0.371. The van der Waals surface area contributed by atoms with Crippen LogP contribution >= 0.6 is 0 Å². The summed E-state index contributed by atoms with van der Waals surface area (Å²) in [5.41, 5.74) is 3.79. The number of methoxy groups -OCH3 is 1. The predicted molar refractivity (Wildman–Crippen MR) is 97.3 cm³/mol. The lowest BCUT2D eigenvalue weighted by Gasteiger charge is -2.18. The van der Waals surface area contributed by atoms with E-state index in [0.29, 0.717) is 18.7 Å². The smallest absolute Gasteiger partial charge is 0.337 e. The van der Waals surface area contributed by atoms with Crippen molar-refractivity contribution in [2.75, 3.05) is 14.2 Å². The van der Waals surface area contributed by atoms with Crippen LogP contribution in [0.15, 0.2) is 48.5 Å². The van der Waals surface area contributed by atoms with Gasteiger partial charge in [-0.3, -0.25) is 0 Å². The maximum atomic E-state index is 12.2. The molecular formula is C20H24N2O3. The molecule has 0 aromatic heterocycles. The molecule has 0 radical (unpaired) electrons. The van der Waals surface area contributed by atoms with E-state index in [4.69, 9.17) is 0 Å². The van der Waals surface area contributed by atoms with Gasteiger partial charge in [0, 0.05) is 20.1 Å². The Bertz CT molecular complexity index is 709. The van der Waals surface area contributed by atoms with E-state index in [9.17, 15) is 9.59 Å². The van der Waals surface area contributed by atoms with E-state index in [1.165, 1.54) is 12.7 Å². The second kappa shape index (κ2) is 8.87. The Morgan fingerprint density at radius 3 is 2.08 bits per heavy atom. The van der Waals surface area contributed by atoms with E-state index in [0.717, 1.165) is 17.5 Å². The van der Waals surface area contributed by atoms with Crippen LogP contribution in [0.25, 0.3) is 0 Å². The number of urea groups is 1. The van der Waals surface area contributed by atoms with E-state index in [1.807, 2.05) is 12.1 Å². The number of carbonyl (C=O) groups excluding carboxylic acids is 2. The first kappa shape index (κ1) is 18.5. The standard InChI is InChI=1S/C20H24N2O3/c1-4-15-5-7-17(8-6-15)14-22(2)20(24)21-13-16-9-11-18(12-10-16)19(23)25-3/h5-12H,4,13-14H2,1-3H3,(H,21,24). The van der Waals surface area contributed by atoms with Crippen LogP contribution in [0.4, 0.5) is 4.79 Å². The normalized spacial score (nSPS) is 10.2. The molecule has 0 heterocycles. The molecule has 0 saturated heterocycles. The second-order valence-electron chi connectivity index (χ2n) is 5.87. The molecular weight excluding hydrogens is 316 g/mol. The molecule has 2 amide bonds. The molecule has 0 bridgehead atoms. The van der Waals surface area contributed by atoms with Crippen molar-refractivity contribution in [1.82, 2.24) is 10.2 Å². The third kappa shape index (κ3) is 5.35. The summed E-state index contributed by atoms with van der Waals surface area (Å²) < 4.78 is 4.66. The maximum Gasteiger partial charge on any atom is 0.337 e. The van der Waals surface area contributed by atoms with E-state index >= 15 is 0 Å². The van der Waals surface area contributed by atoms with Crippen LogP contribution in [-0.2, 0) is 24.2 Å². The summed E-state index contributed by atoms with van der Waals surface area (Å²) in [5.74, 6) is -0.371. The van der Waals surface area contributed by atoms with Crippen molar-refractivity contribution in [3.63, 3.8) is 0 Å². The summed E-state index contributed by atoms with van der Waals surface area (Å²) in [6, 6.07) is 15.1. The highest BCUT2D eigenvalue weighted by atomic mass is 16.5. The number of nitrogens with zero attached hydrogens (tertiary/aromatic N) is 1. The number of nitrogens with one attached hydrogen (secondary N) is 1. The number of hydrogen-bond acceptors (Lipinski definition) is 3. The Labute approximate surface area is 148 Å². The van der Waals surface area contributed by atoms with Gasteiger partial charge >= 0.3 is 12.0 Å². The highest BCUT2D eigenvalue weighted by Crippen LogP contribution is 2.08. The number of rotatable bonds is 6. The average molecular weight is 340 g/mol. The van der Waals surface area contributed by atoms with Crippen molar-refractivity contribution in [2.45, 2.75) is 26.4 Å². The van der Waals surface area contributed by atoms with Gasteiger partial charge in [-0.05, 0) is 35.2 Å². The second-order valence-corrected chi connectivity index (χ2v) is 5.87. The number of benzene rings is 2. The number of carbonyl (C=O) groups is 2. The zero-order valence-corrected chi connectivity index (χ0v) is 14.9. The van der Waals surface area contributed by atoms with Crippen molar-refractivity contribution < 1.29 is 14.3 Å². The van der Waals surface area contributed by atoms with Crippen LogP contribution in [0.1, 0.15) is 34.0 Å². The van der Waals surface area contributed by atoms with Crippen molar-refractivity contribution in [1.29, 1.82) is 0 Å². The molecule has 5 heteroatoms. The van der Waals surface area contributed by atoms with E-state index < -0.39 is 0 Å². The van der Waals surface area contributed by atoms with Gasteiger partial charge in [0.25, 0.3) is 0 Å². The van der Waals surface area contributed by atoms with Gasteiger partial charge in [-0.15, -0.1) is 0 Å². The molecule has 2 rings (SSSR count).